The third-order valence-electron chi connectivity index (χ3n) is 13.7. The number of carbonyl (C=O) groups excluding carboxylic acids is 1. The van der Waals surface area contributed by atoms with Crippen LogP contribution in [0.1, 0.15) is 79.1 Å². The third kappa shape index (κ3) is 8.73. The minimum Gasteiger partial charge on any atom is -0.430 e. The topological polar surface area (TPSA) is 295 Å². The lowest BCUT2D eigenvalue weighted by molar-refractivity contribution is -0.367. The van der Waals surface area contributed by atoms with Gasteiger partial charge in [-0.1, -0.05) is 19.9 Å². The van der Waals surface area contributed by atoms with Crippen LogP contribution >= 0.6 is 0 Å². The Labute approximate surface area is 326 Å². The Bertz CT molecular complexity index is 1330. The van der Waals surface area contributed by atoms with E-state index in [2.05, 4.69) is 13.5 Å². The number of rotatable bonds is 13. The predicted octanol–water partition coefficient (Wildman–Crippen LogP) is -2.10. The van der Waals surface area contributed by atoms with Crippen molar-refractivity contribution in [2.45, 2.75) is 171 Å². The maximum Gasteiger partial charge on any atom is 0.314 e. The van der Waals surface area contributed by atoms with Crippen LogP contribution in [0.15, 0.2) is 12.2 Å². The zero-order valence-electron chi connectivity index (χ0n) is 32.6. The fraction of sp³-hybridized carbons (Fsp3) is 0.921. The molecular weight excluding hydrogens is 744 g/mol. The molecule has 19 atom stereocenters. The lowest BCUT2D eigenvalue weighted by Gasteiger charge is -2.59. The second kappa shape index (κ2) is 18.0. The lowest BCUT2D eigenvalue weighted by Crippen LogP contribution is -2.65. The standard InChI is InChI=1S/C38H64O18/c1-17-13-19-7-8-24-36(3,10-6-11-37(24,4)35(50)55-34(31(48)49)51-21(14-39)18(2)42)20(19)9-12-38(17,5)56-33-29(47)30(26(44)23(16-41)53-33)54-32-28(46)27(45)25(43)22(15-40)52-32/h18-34,39-49H,1,6-16H2,2-5H3/t18?,19?,20-,21?,22?,23?,24?,25?,26?,27?,28?,29?,30?,32?,33?,34?,36+,37-,38?/m1/s1. The Hall–Kier alpha value is -1.43. The minimum atomic E-state index is -2.22. The van der Waals surface area contributed by atoms with Crippen molar-refractivity contribution in [1.82, 2.24) is 0 Å². The highest BCUT2D eigenvalue weighted by atomic mass is 16.7. The molecule has 0 amide bonds. The third-order valence-corrected chi connectivity index (χ3v) is 13.7. The minimum absolute atomic E-state index is 0.0896. The summed E-state index contributed by atoms with van der Waals surface area (Å²) in [5.74, 6) is -0.575. The molecule has 3 aliphatic carbocycles. The maximum atomic E-state index is 14.0. The quantitative estimate of drug-likeness (QED) is 0.0540. The first kappa shape index (κ1) is 45.7. The van der Waals surface area contributed by atoms with Crippen molar-refractivity contribution < 1.29 is 89.4 Å². The van der Waals surface area contributed by atoms with E-state index in [0.29, 0.717) is 38.5 Å². The summed E-state index contributed by atoms with van der Waals surface area (Å²) in [7, 11) is 0. The van der Waals surface area contributed by atoms with E-state index in [9.17, 15) is 61.0 Å². The molecule has 0 radical (unpaired) electrons. The highest BCUT2D eigenvalue weighted by Gasteiger charge is 2.61. The van der Waals surface area contributed by atoms with Crippen LogP contribution in [0.4, 0.5) is 0 Å². The molecular formula is C38H64O18. The van der Waals surface area contributed by atoms with Gasteiger partial charge in [0.05, 0.1) is 36.9 Å². The van der Waals surface area contributed by atoms with Crippen LogP contribution in [-0.4, -0.2) is 174 Å². The monoisotopic (exact) mass is 808 g/mol. The summed E-state index contributed by atoms with van der Waals surface area (Å²) in [5, 5.41) is 113. The molecule has 18 nitrogen and oxygen atoms in total. The Balaban J connectivity index is 1.32. The second-order valence-corrected chi connectivity index (χ2v) is 17.3. The van der Waals surface area contributed by atoms with Crippen molar-refractivity contribution in [1.29, 1.82) is 0 Å². The largest absolute Gasteiger partial charge is 0.430 e. The van der Waals surface area contributed by atoms with E-state index in [1.54, 1.807) is 0 Å². The van der Waals surface area contributed by atoms with Gasteiger partial charge >= 0.3 is 5.97 Å². The highest BCUT2D eigenvalue weighted by molar-refractivity contribution is 5.77. The molecule has 324 valence electrons. The van der Waals surface area contributed by atoms with Crippen molar-refractivity contribution in [3.8, 4) is 0 Å². The molecule has 2 heterocycles. The van der Waals surface area contributed by atoms with Gasteiger partial charge in [-0.15, -0.1) is 0 Å². The van der Waals surface area contributed by atoms with Gasteiger partial charge in [-0.25, -0.2) is 0 Å². The van der Waals surface area contributed by atoms with Crippen molar-refractivity contribution in [3.05, 3.63) is 12.2 Å². The molecule has 56 heavy (non-hydrogen) atoms. The molecule has 0 aromatic carbocycles. The van der Waals surface area contributed by atoms with Crippen LogP contribution in [0, 0.1) is 28.6 Å². The first-order chi connectivity index (χ1) is 26.3. The molecule has 16 unspecified atom stereocenters. The van der Waals surface area contributed by atoms with Gasteiger partial charge in [0, 0.05) is 0 Å². The van der Waals surface area contributed by atoms with Crippen LogP contribution < -0.4 is 0 Å². The summed E-state index contributed by atoms with van der Waals surface area (Å²) in [5.41, 5.74) is -1.74. The van der Waals surface area contributed by atoms with Gasteiger partial charge in [-0.05, 0) is 94.5 Å². The lowest BCUT2D eigenvalue weighted by atomic mass is 9.45. The Morgan fingerprint density at radius 3 is 2.09 bits per heavy atom. The van der Waals surface area contributed by atoms with Crippen LogP contribution in [0.25, 0.3) is 0 Å². The fourth-order valence-electron chi connectivity index (χ4n) is 10.2. The van der Waals surface area contributed by atoms with E-state index in [1.807, 2.05) is 13.8 Å². The van der Waals surface area contributed by atoms with E-state index < -0.39 is 123 Å². The van der Waals surface area contributed by atoms with Gasteiger partial charge in [0.25, 0.3) is 6.29 Å². The van der Waals surface area contributed by atoms with Gasteiger partial charge in [0.1, 0.15) is 54.9 Å². The van der Waals surface area contributed by atoms with Crippen LogP contribution in [0.2, 0.25) is 0 Å². The number of esters is 1. The number of aliphatic hydroxyl groups is 11. The van der Waals surface area contributed by atoms with Crippen molar-refractivity contribution in [2.24, 2.45) is 28.6 Å². The molecule has 18 heteroatoms. The normalized spacial score (nSPS) is 46.3. The van der Waals surface area contributed by atoms with Gasteiger partial charge in [-0.2, -0.15) is 0 Å². The number of carbonyl (C=O) groups is 1. The summed E-state index contributed by atoms with van der Waals surface area (Å²) < 4.78 is 34.6. The highest BCUT2D eigenvalue weighted by Crippen LogP contribution is 2.64. The smallest absolute Gasteiger partial charge is 0.314 e. The fourth-order valence-corrected chi connectivity index (χ4v) is 10.2. The van der Waals surface area contributed by atoms with Crippen molar-refractivity contribution >= 4 is 5.97 Å². The van der Waals surface area contributed by atoms with E-state index in [-0.39, 0.29) is 23.2 Å². The van der Waals surface area contributed by atoms with Crippen molar-refractivity contribution in [2.75, 3.05) is 19.8 Å². The first-order valence-electron chi connectivity index (χ1n) is 19.7. The molecule has 2 aliphatic heterocycles. The van der Waals surface area contributed by atoms with Gasteiger partial charge < -0.3 is 84.6 Å². The Kier molecular flexibility index (Phi) is 14.7. The number of ether oxygens (including phenoxy) is 6. The Morgan fingerprint density at radius 1 is 0.839 bits per heavy atom. The summed E-state index contributed by atoms with van der Waals surface area (Å²) in [4.78, 5) is 14.0. The SMILES string of the molecule is C=C1CC2CCC3[C@](C)(C(=O)OC(OC(CO)C(C)O)C(O)O)CCC[C@@]3(C)[C@@H]2CCC1(C)OC1OC(CO)C(O)C(OC2OC(CO)C(O)C(O)C2O)C1O. The summed E-state index contributed by atoms with van der Waals surface area (Å²) >= 11 is 0. The maximum absolute atomic E-state index is 14.0. The van der Waals surface area contributed by atoms with E-state index in [0.717, 1.165) is 18.4 Å². The van der Waals surface area contributed by atoms with Crippen molar-refractivity contribution in [3.63, 3.8) is 0 Å². The molecule has 0 spiro atoms. The van der Waals surface area contributed by atoms with Gasteiger partial charge in [0.2, 0.25) is 6.29 Å². The average molecular weight is 809 g/mol. The molecule has 5 fully saturated rings. The summed E-state index contributed by atoms with van der Waals surface area (Å²) in [6.07, 6.45) is -17.4. The van der Waals surface area contributed by atoms with E-state index >= 15 is 0 Å². The van der Waals surface area contributed by atoms with E-state index in [4.69, 9.17) is 28.4 Å². The first-order valence-corrected chi connectivity index (χ1v) is 19.7. The molecule has 0 bridgehead atoms. The molecule has 0 aromatic rings. The molecule has 2 saturated heterocycles. The average Bonchev–Trinajstić information content (AvgIpc) is 3.27. The number of hydrogen-bond acceptors (Lipinski definition) is 18. The molecule has 11 N–H and O–H groups in total. The van der Waals surface area contributed by atoms with Gasteiger partial charge in [0.15, 0.2) is 12.6 Å². The number of hydrogen-bond donors (Lipinski definition) is 11. The van der Waals surface area contributed by atoms with Crippen LogP contribution in [0.5, 0.6) is 0 Å². The van der Waals surface area contributed by atoms with Crippen LogP contribution in [0.3, 0.4) is 0 Å². The predicted molar refractivity (Wildman–Crippen MR) is 190 cm³/mol. The second-order valence-electron chi connectivity index (χ2n) is 17.3. The molecule has 5 rings (SSSR count). The van der Waals surface area contributed by atoms with Crippen LogP contribution in [-0.2, 0) is 33.2 Å². The Morgan fingerprint density at radius 2 is 1.48 bits per heavy atom. The molecule has 3 saturated carbocycles. The zero-order chi connectivity index (χ0) is 41.5. The number of fused-ring (bicyclic) bond motifs is 3. The molecule has 0 aromatic heterocycles. The summed E-state index contributed by atoms with van der Waals surface area (Å²) in [6, 6.07) is 0. The number of aliphatic hydroxyl groups excluding tert-OH is 10. The molecule has 5 aliphatic rings. The van der Waals surface area contributed by atoms with E-state index in [1.165, 1.54) is 6.92 Å². The van der Waals surface area contributed by atoms with Gasteiger partial charge in [-0.3, -0.25) is 4.79 Å². The summed E-state index contributed by atoms with van der Waals surface area (Å²) in [6.45, 7) is 9.53. The zero-order valence-corrected chi connectivity index (χ0v) is 32.6.